The summed E-state index contributed by atoms with van der Waals surface area (Å²) < 4.78 is 28.0. The molecule has 0 amide bonds. The number of carboxylic acids is 1. The molecule has 9 nitrogen and oxygen atoms in total. The molecule has 2 aromatic carbocycles. The van der Waals surface area contributed by atoms with Crippen LogP contribution in [0.5, 0.6) is 5.88 Å². The molecule has 7 rings (SSSR count). The van der Waals surface area contributed by atoms with Crippen LogP contribution < -0.4 is 9.64 Å². The van der Waals surface area contributed by atoms with Crippen LogP contribution in [-0.4, -0.2) is 51.4 Å². The highest BCUT2D eigenvalue weighted by Gasteiger charge is 2.57. The zero-order valence-corrected chi connectivity index (χ0v) is 23.0. The van der Waals surface area contributed by atoms with Crippen LogP contribution in [0.1, 0.15) is 46.6 Å². The number of ether oxygens (including phenoxy) is 2. The fourth-order valence-corrected chi connectivity index (χ4v) is 6.36. The molecule has 1 aliphatic carbocycles. The van der Waals surface area contributed by atoms with Crippen LogP contribution in [0, 0.1) is 28.5 Å². The quantitative estimate of drug-likeness (QED) is 0.302. The third kappa shape index (κ3) is 4.94. The predicted octanol–water partition coefficient (Wildman–Crippen LogP) is 4.97. The van der Waals surface area contributed by atoms with E-state index >= 15 is 0 Å². The number of imidazole rings is 1. The first-order valence-electron chi connectivity index (χ1n) is 14.3. The van der Waals surface area contributed by atoms with Crippen LogP contribution in [-0.2, 0) is 24.3 Å². The van der Waals surface area contributed by atoms with Crippen LogP contribution in [0.15, 0.2) is 54.6 Å². The van der Waals surface area contributed by atoms with Crippen molar-refractivity contribution in [2.75, 3.05) is 24.6 Å². The van der Waals surface area contributed by atoms with Crippen LogP contribution >= 0.6 is 0 Å². The minimum Gasteiger partial charge on any atom is -0.478 e. The fraction of sp³-hybridized carbons (Fsp3) is 0.375. The highest BCUT2D eigenvalue weighted by molar-refractivity contribution is 5.92. The SMILES string of the molecule is N#Cc1ccc(COc2cccc(N3CC[C@]4(Cc5nc6ccc(C(=O)O)cc6n5C[C@@H]5CCO5)C[C@@H]4C3)n2)c(F)c1. The monoisotopic (exact) mass is 567 g/mol. The van der Waals surface area contributed by atoms with E-state index in [0.29, 0.717) is 23.9 Å². The Hall–Kier alpha value is -4.49. The van der Waals surface area contributed by atoms with E-state index in [2.05, 4.69) is 9.47 Å². The topological polar surface area (TPSA) is 114 Å². The van der Waals surface area contributed by atoms with Gasteiger partial charge in [-0.25, -0.2) is 14.2 Å². The molecular weight excluding hydrogens is 537 g/mol. The van der Waals surface area contributed by atoms with E-state index in [9.17, 15) is 14.3 Å². The average Bonchev–Trinajstić information content (AvgIpc) is 3.59. The summed E-state index contributed by atoms with van der Waals surface area (Å²) in [6.45, 7) is 3.22. The van der Waals surface area contributed by atoms with Gasteiger partial charge in [0, 0.05) is 37.7 Å². The molecule has 42 heavy (non-hydrogen) atoms. The van der Waals surface area contributed by atoms with E-state index in [1.54, 1.807) is 30.3 Å². The van der Waals surface area contributed by atoms with Gasteiger partial charge in [-0.2, -0.15) is 10.2 Å². The lowest BCUT2D eigenvalue weighted by molar-refractivity contribution is -0.0591. The smallest absolute Gasteiger partial charge is 0.335 e. The average molecular weight is 568 g/mol. The molecule has 2 aliphatic heterocycles. The molecule has 2 saturated heterocycles. The van der Waals surface area contributed by atoms with Crippen molar-refractivity contribution in [3.8, 4) is 11.9 Å². The lowest BCUT2D eigenvalue weighted by Gasteiger charge is -2.33. The Bertz CT molecular complexity index is 1730. The number of benzene rings is 2. The standard InChI is InChI=1S/C32H30FN5O4/c33-25-12-20(16-34)4-5-22(25)19-42-30-3-1-2-28(36-30)37-10-9-32(14-23(32)17-37)15-29-35-26-7-6-21(31(39)40)13-27(26)38(29)18-24-8-11-41-24/h1-7,12-13,23-24H,8-11,14-15,17-19H2,(H,39,40)/t23-,24+,32-/m1/s1. The molecule has 0 radical (unpaired) electrons. The Kier molecular flexibility index (Phi) is 6.54. The number of hydrogen-bond acceptors (Lipinski definition) is 7. The maximum atomic E-state index is 14.3. The van der Waals surface area contributed by atoms with E-state index in [1.807, 2.05) is 24.3 Å². The Balaban J connectivity index is 1.04. The summed E-state index contributed by atoms with van der Waals surface area (Å²) in [6.07, 6.45) is 4.10. The number of carboxylic acid groups (broad SMARTS) is 1. The van der Waals surface area contributed by atoms with Crippen molar-refractivity contribution in [2.24, 2.45) is 11.3 Å². The first-order chi connectivity index (χ1) is 20.4. The summed E-state index contributed by atoms with van der Waals surface area (Å²) in [6, 6.07) is 17.1. The molecule has 2 aromatic heterocycles. The van der Waals surface area contributed by atoms with Crippen LogP contribution in [0.4, 0.5) is 10.2 Å². The normalized spacial score (nSPS) is 22.7. The summed E-state index contributed by atoms with van der Waals surface area (Å²) in [5.74, 6) is 1.36. The van der Waals surface area contributed by atoms with Crippen LogP contribution in [0.25, 0.3) is 11.0 Å². The summed E-state index contributed by atoms with van der Waals surface area (Å²) in [4.78, 5) is 23.6. The van der Waals surface area contributed by atoms with Gasteiger partial charge in [-0.05, 0) is 67.0 Å². The molecule has 4 heterocycles. The zero-order valence-electron chi connectivity index (χ0n) is 23.0. The molecule has 0 spiro atoms. The minimum atomic E-state index is -0.941. The molecule has 1 saturated carbocycles. The van der Waals surface area contributed by atoms with Gasteiger partial charge in [0.05, 0.1) is 40.9 Å². The maximum Gasteiger partial charge on any atom is 0.335 e. The van der Waals surface area contributed by atoms with Gasteiger partial charge >= 0.3 is 5.97 Å². The number of halogens is 1. The van der Waals surface area contributed by atoms with Gasteiger partial charge in [-0.15, -0.1) is 0 Å². The summed E-state index contributed by atoms with van der Waals surface area (Å²) in [5.41, 5.74) is 2.76. The number of aromatic carboxylic acids is 1. The number of anilines is 1. The minimum absolute atomic E-state index is 0.0284. The molecule has 10 heteroatoms. The highest BCUT2D eigenvalue weighted by Crippen LogP contribution is 2.60. The number of fused-ring (bicyclic) bond motifs is 2. The van der Waals surface area contributed by atoms with Gasteiger partial charge in [0.15, 0.2) is 0 Å². The lowest BCUT2D eigenvalue weighted by atomic mass is 9.91. The summed E-state index contributed by atoms with van der Waals surface area (Å²) in [7, 11) is 0. The number of pyridine rings is 1. The van der Waals surface area contributed by atoms with Gasteiger partial charge in [0.2, 0.25) is 5.88 Å². The maximum absolute atomic E-state index is 14.3. The van der Waals surface area contributed by atoms with E-state index < -0.39 is 11.8 Å². The number of nitrogens with zero attached hydrogens (tertiary/aromatic N) is 5. The van der Waals surface area contributed by atoms with E-state index in [0.717, 1.165) is 68.1 Å². The number of aromatic nitrogens is 3. The number of carbonyl (C=O) groups is 1. The van der Waals surface area contributed by atoms with E-state index in [1.165, 1.54) is 6.07 Å². The molecule has 0 unspecified atom stereocenters. The third-order valence-corrected chi connectivity index (χ3v) is 9.03. The number of rotatable bonds is 9. The van der Waals surface area contributed by atoms with Gasteiger partial charge in [-0.3, -0.25) is 0 Å². The van der Waals surface area contributed by atoms with Gasteiger partial charge in [0.1, 0.15) is 24.1 Å². The van der Waals surface area contributed by atoms with Gasteiger partial charge in [0.25, 0.3) is 0 Å². The van der Waals surface area contributed by atoms with Crippen molar-refractivity contribution in [3.05, 3.63) is 82.9 Å². The fourth-order valence-electron chi connectivity index (χ4n) is 6.36. The third-order valence-electron chi connectivity index (χ3n) is 9.03. The molecular formula is C32H30FN5O4. The molecule has 1 N–H and O–H groups in total. The van der Waals surface area contributed by atoms with E-state index in [-0.39, 0.29) is 29.3 Å². The van der Waals surface area contributed by atoms with Crippen LogP contribution in [0.3, 0.4) is 0 Å². The van der Waals surface area contributed by atoms with Crippen molar-refractivity contribution >= 4 is 22.8 Å². The first kappa shape index (κ1) is 26.4. The second kappa shape index (κ2) is 10.4. The Morgan fingerprint density at radius 3 is 2.83 bits per heavy atom. The number of piperidine rings is 1. The Morgan fingerprint density at radius 1 is 1.21 bits per heavy atom. The summed E-state index contributed by atoms with van der Waals surface area (Å²) >= 11 is 0. The zero-order chi connectivity index (χ0) is 28.8. The first-order valence-corrected chi connectivity index (χ1v) is 14.3. The lowest BCUT2D eigenvalue weighted by Crippen LogP contribution is -2.36. The van der Waals surface area contributed by atoms with Crippen molar-refractivity contribution in [3.63, 3.8) is 0 Å². The Morgan fingerprint density at radius 2 is 2.10 bits per heavy atom. The number of hydrogen-bond donors (Lipinski definition) is 1. The highest BCUT2D eigenvalue weighted by atomic mass is 19.1. The van der Waals surface area contributed by atoms with Crippen LogP contribution in [0.2, 0.25) is 0 Å². The van der Waals surface area contributed by atoms with Gasteiger partial charge in [-0.1, -0.05) is 12.1 Å². The van der Waals surface area contributed by atoms with Crippen molar-refractivity contribution < 1.29 is 23.8 Å². The molecule has 3 atom stereocenters. The predicted molar refractivity (Wildman–Crippen MR) is 152 cm³/mol. The Labute approximate surface area is 242 Å². The second-order valence-corrected chi connectivity index (χ2v) is 11.6. The molecule has 0 bridgehead atoms. The largest absolute Gasteiger partial charge is 0.478 e. The molecule has 3 fully saturated rings. The molecule has 214 valence electrons. The molecule has 4 aromatic rings. The van der Waals surface area contributed by atoms with Crippen molar-refractivity contribution in [1.29, 1.82) is 5.26 Å². The van der Waals surface area contributed by atoms with E-state index in [4.69, 9.17) is 24.7 Å². The number of nitriles is 1. The summed E-state index contributed by atoms with van der Waals surface area (Å²) in [5, 5.41) is 18.5. The molecule has 3 aliphatic rings. The van der Waals surface area contributed by atoms with Crippen molar-refractivity contribution in [2.45, 2.75) is 44.9 Å². The second-order valence-electron chi connectivity index (χ2n) is 11.6. The van der Waals surface area contributed by atoms with Crippen molar-refractivity contribution in [1.82, 2.24) is 14.5 Å². The van der Waals surface area contributed by atoms with Gasteiger partial charge < -0.3 is 24.0 Å².